The van der Waals surface area contributed by atoms with Gasteiger partial charge >= 0.3 is 0 Å². The molecule has 0 aliphatic carbocycles. The van der Waals surface area contributed by atoms with E-state index in [0.29, 0.717) is 5.69 Å². The molecule has 0 radical (unpaired) electrons. The number of thioether (sulfide) groups is 1. The molecular formula is C15H12BrF2NOS. The topological polar surface area (TPSA) is 29.1 Å². The number of carbonyl (C=O) groups is 1. The summed E-state index contributed by atoms with van der Waals surface area (Å²) in [6.07, 6.45) is 0. The highest BCUT2D eigenvalue weighted by Crippen LogP contribution is 2.24. The fourth-order valence-electron chi connectivity index (χ4n) is 1.69. The van der Waals surface area contributed by atoms with E-state index < -0.39 is 11.6 Å². The molecule has 2 nitrogen and oxygen atoms in total. The number of benzene rings is 2. The van der Waals surface area contributed by atoms with Gasteiger partial charge in [-0.05, 0) is 42.8 Å². The van der Waals surface area contributed by atoms with Crippen LogP contribution >= 0.6 is 27.7 Å². The molecular weight excluding hydrogens is 360 g/mol. The minimum Gasteiger partial charge on any atom is -0.325 e. The van der Waals surface area contributed by atoms with Crippen LogP contribution in [-0.2, 0) is 4.79 Å². The van der Waals surface area contributed by atoms with E-state index in [2.05, 4.69) is 21.2 Å². The van der Waals surface area contributed by atoms with E-state index in [1.165, 1.54) is 12.1 Å². The second-order valence-corrected chi connectivity index (χ2v) is 6.30. The Labute approximate surface area is 134 Å². The van der Waals surface area contributed by atoms with Crippen molar-refractivity contribution in [3.63, 3.8) is 0 Å². The highest BCUT2D eigenvalue weighted by molar-refractivity contribution is 9.10. The smallest absolute Gasteiger partial charge is 0.234 e. The molecule has 0 aromatic heterocycles. The summed E-state index contributed by atoms with van der Waals surface area (Å²) in [5, 5.41) is 2.76. The molecule has 0 bridgehead atoms. The third-order valence-corrected chi connectivity index (χ3v) is 4.26. The number of nitrogens with one attached hydrogen (secondary N) is 1. The second-order valence-electron chi connectivity index (χ2n) is 4.37. The Hall–Kier alpha value is -1.40. The third-order valence-electron chi connectivity index (χ3n) is 2.72. The number of rotatable bonds is 4. The van der Waals surface area contributed by atoms with Gasteiger partial charge in [0.05, 0.1) is 5.75 Å². The number of hydrogen-bond donors (Lipinski definition) is 1. The van der Waals surface area contributed by atoms with Gasteiger partial charge in [0.1, 0.15) is 11.6 Å². The van der Waals surface area contributed by atoms with Crippen LogP contribution in [0.25, 0.3) is 0 Å². The first kappa shape index (κ1) is 16.0. The largest absolute Gasteiger partial charge is 0.325 e. The SMILES string of the molecule is Cc1cc(Br)ccc1NC(=O)CSc1ccc(F)cc1F. The predicted molar refractivity (Wildman–Crippen MR) is 84.6 cm³/mol. The number of aryl methyl sites for hydroxylation is 1. The van der Waals surface area contributed by atoms with Crippen LogP contribution in [-0.4, -0.2) is 11.7 Å². The van der Waals surface area contributed by atoms with Gasteiger partial charge in [-0.2, -0.15) is 0 Å². The highest BCUT2D eigenvalue weighted by Gasteiger charge is 2.09. The Balaban J connectivity index is 1.96. The molecule has 2 rings (SSSR count). The molecule has 110 valence electrons. The van der Waals surface area contributed by atoms with E-state index >= 15 is 0 Å². The number of halogens is 3. The summed E-state index contributed by atoms with van der Waals surface area (Å²) in [6, 6.07) is 8.81. The molecule has 1 amide bonds. The van der Waals surface area contributed by atoms with Crippen LogP contribution in [0.5, 0.6) is 0 Å². The lowest BCUT2D eigenvalue weighted by Crippen LogP contribution is -2.14. The maximum absolute atomic E-state index is 13.4. The molecule has 2 aromatic carbocycles. The van der Waals surface area contributed by atoms with Crippen LogP contribution in [0.3, 0.4) is 0 Å². The van der Waals surface area contributed by atoms with Gasteiger partial charge in [-0.25, -0.2) is 8.78 Å². The van der Waals surface area contributed by atoms with Crippen molar-refractivity contribution >= 4 is 39.3 Å². The van der Waals surface area contributed by atoms with E-state index in [4.69, 9.17) is 0 Å². The maximum atomic E-state index is 13.4. The van der Waals surface area contributed by atoms with Gasteiger partial charge in [0.2, 0.25) is 5.91 Å². The molecule has 0 aliphatic heterocycles. The van der Waals surface area contributed by atoms with E-state index in [0.717, 1.165) is 27.9 Å². The lowest BCUT2D eigenvalue weighted by molar-refractivity contribution is -0.113. The number of amides is 1. The van der Waals surface area contributed by atoms with Crippen LogP contribution < -0.4 is 5.32 Å². The molecule has 0 unspecified atom stereocenters. The van der Waals surface area contributed by atoms with Crippen LogP contribution in [0.2, 0.25) is 0 Å². The molecule has 21 heavy (non-hydrogen) atoms. The van der Waals surface area contributed by atoms with Crippen LogP contribution in [0.15, 0.2) is 45.8 Å². The van der Waals surface area contributed by atoms with Gasteiger partial charge in [-0.3, -0.25) is 4.79 Å². The molecule has 0 saturated heterocycles. The van der Waals surface area contributed by atoms with Gasteiger partial charge in [0.25, 0.3) is 0 Å². The standard InChI is InChI=1S/C15H12BrF2NOS/c1-9-6-10(16)2-4-13(9)19-15(20)8-21-14-5-3-11(17)7-12(14)18/h2-7H,8H2,1H3,(H,19,20). The number of hydrogen-bond acceptors (Lipinski definition) is 2. The summed E-state index contributed by atoms with van der Waals surface area (Å²) >= 11 is 4.38. The van der Waals surface area contributed by atoms with E-state index in [9.17, 15) is 13.6 Å². The Bertz CT molecular complexity index is 679. The molecule has 0 fully saturated rings. The average molecular weight is 372 g/mol. The Morgan fingerprint density at radius 1 is 1.24 bits per heavy atom. The molecule has 2 aromatic rings. The van der Waals surface area contributed by atoms with Gasteiger partial charge in [-0.1, -0.05) is 15.9 Å². The van der Waals surface area contributed by atoms with Crippen molar-refractivity contribution in [3.8, 4) is 0 Å². The Morgan fingerprint density at radius 3 is 2.67 bits per heavy atom. The Morgan fingerprint density at radius 2 is 2.00 bits per heavy atom. The van der Waals surface area contributed by atoms with Crippen molar-refractivity contribution in [1.29, 1.82) is 0 Å². The lowest BCUT2D eigenvalue weighted by Gasteiger charge is -2.09. The zero-order chi connectivity index (χ0) is 15.4. The monoisotopic (exact) mass is 371 g/mol. The van der Waals surface area contributed by atoms with Gasteiger partial charge in [0.15, 0.2) is 0 Å². The molecule has 6 heteroatoms. The summed E-state index contributed by atoms with van der Waals surface area (Å²) in [5.41, 5.74) is 1.64. The van der Waals surface area contributed by atoms with E-state index in [1.54, 1.807) is 6.07 Å². The number of anilines is 1. The van der Waals surface area contributed by atoms with Crippen LogP contribution in [0, 0.1) is 18.6 Å². The summed E-state index contributed by atoms with van der Waals surface area (Å²) in [7, 11) is 0. The zero-order valence-corrected chi connectivity index (χ0v) is 13.5. The number of carbonyl (C=O) groups excluding carboxylic acids is 1. The first-order valence-corrected chi connectivity index (χ1v) is 7.87. The van der Waals surface area contributed by atoms with E-state index in [-0.39, 0.29) is 16.6 Å². The summed E-state index contributed by atoms with van der Waals surface area (Å²) in [5.74, 6) is -1.48. The molecule has 0 aliphatic rings. The van der Waals surface area contributed by atoms with Gasteiger partial charge in [-0.15, -0.1) is 11.8 Å². The van der Waals surface area contributed by atoms with Crippen LogP contribution in [0.4, 0.5) is 14.5 Å². The first-order valence-electron chi connectivity index (χ1n) is 6.09. The fraction of sp³-hybridized carbons (Fsp3) is 0.133. The molecule has 0 atom stereocenters. The van der Waals surface area contributed by atoms with Gasteiger partial charge in [0, 0.05) is 21.1 Å². The quantitative estimate of drug-likeness (QED) is 0.784. The molecule has 1 N–H and O–H groups in total. The normalized spacial score (nSPS) is 10.5. The lowest BCUT2D eigenvalue weighted by atomic mass is 10.2. The minimum atomic E-state index is -0.660. The van der Waals surface area contributed by atoms with Crippen molar-refractivity contribution in [1.82, 2.24) is 0 Å². The third kappa shape index (κ3) is 4.54. The van der Waals surface area contributed by atoms with Gasteiger partial charge < -0.3 is 5.32 Å². The summed E-state index contributed by atoms with van der Waals surface area (Å²) in [6.45, 7) is 1.88. The van der Waals surface area contributed by atoms with Crippen molar-refractivity contribution < 1.29 is 13.6 Å². The average Bonchev–Trinajstić information content (AvgIpc) is 2.41. The summed E-state index contributed by atoms with van der Waals surface area (Å²) < 4.78 is 27.1. The minimum absolute atomic E-state index is 0.0536. The van der Waals surface area contributed by atoms with Crippen molar-refractivity contribution in [3.05, 3.63) is 58.1 Å². The molecule has 0 heterocycles. The van der Waals surface area contributed by atoms with Crippen molar-refractivity contribution in [2.45, 2.75) is 11.8 Å². The second kappa shape index (κ2) is 7.04. The van der Waals surface area contributed by atoms with Crippen molar-refractivity contribution in [2.24, 2.45) is 0 Å². The first-order chi connectivity index (χ1) is 9.95. The zero-order valence-electron chi connectivity index (χ0n) is 11.1. The predicted octanol–water partition coefficient (Wildman–Crippen LogP) is 4.77. The van der Waals surface area contributed by atoms with Crippen LogP contribution in [0.1, 0.15) is 5.56 Å². The van der Waals surface area contributed by atoms with Crippen molar-refractivity contribution in [2.75, 3.05) is 11.1 Å². The molecule has 0 spiro atoms. The molecule has 0 saturated carbocycles. The maximum Gasteiger partial charge on any atom is 0.234 e. The summed E-state index contributed by atoms with van der Waals surface area (Å²) in [4.78, 5) is 12.1. The highest BCUT2D eigenvalue weighted by atomic mass is 79.9. The van der Waals surface area contributed by atoms with E-state index in [1.807, 2.05) is 19.1 Å². The fourth-order valence-corrected chi connectivity index (χ4v) is 2.88. The Kier molecular flexibility index (Phi) is 5.36.